The first-order valence-electron chi connectivity index (χ1n) is 4.76. The van der Waals surface area contributed by atoms with Gasteiger partial charge >= 0.3 is 0 Å². The molecule has 0 aromatic carbocycles. The highest BCUT2D eigenvalue weighted by atomic mass is 32.1. The molecule has 0 radical (unpaired) electrons. The summed E-state index contributed by atoms with van der Waals surface area (Å²) >= 11 is 1.49. The zero-order valence-corrected chi connectivity index (χ0v) is 9.78. The van der Waals surface area contributed by atoms with E-state index in [1.807, 2.05) is 13.8 Å². The van der Waals surface area contributed by atoms with Crippen LogP contribution in [0.5, 0.6) is 0 Å². The SMILES string of the molecule is Cc1nc(C)c(-c2nc(C(N)CO)no2)s1. The molecule has 0 aliphatic carbocycles. The Labute approximate surface area is 96.1 Å². The number of hydrogen-bond donors (Lipinski definition) is 2. The molecule has 0 aliphatic rings. The normalized spacial score (nSPS) is 13.0. The fourth-order valence-corrected chi connectivity index (χ4v) is 2.13. The van der Waals surface area contributed by atoms with E-state index in [2.05, 4.69) is 15.1 Å². The molecule has 7 heteroatoms. The first-order valence-corrected chi connectivity index (χ1v) is 5.58. The summed E-state index contributed by atoms with van der Waals surface area (Å²) in [6, 6.07) is -0.605. The molecule has 3 N–H and O–H groups in total. The van der Waals surface area contributed by atoms with Gasteiger partial charge in [-0.05, 0) is 13.8 Å². The van der Waals surface area contributed by atoms with Gasteiger partial charge in [0, 0.05) is 0 Å². The number of nitrogens with two attached hydrogens (primary N) is 1. The van der Waals surface area contributed by atoms with Gasteiger partial charge in [0.15, 0.2) is 5.82 Å². The maximum atomic E-state index is 8.87. The molecule has 86 valence electrons. The van der Waals surface area contributed by atoms with E-state index < -0.39 is 6.04 Å². The summed E-state index contributed by atoms with van der Waals surface area (Å²) in [5.41, 5.74) is 6.44. The van der Waals surface area contributed by atoms with Crippen LogP contribution in [0.15, 0.2) is 4.52 Å². The Morgan fingerprint density at radius 3 is 2.75 bits per heavy atom. The van der Waals surface area contributed by atoms with E-state index >= 15 is 0 Å². The molecule has 2 aromatic rings. The van der Waals surface area contributed by atoms with Crippen LogP contribution in [0.25, 0.3) is 10.8 Å². The number of aliphatic hydroxyl groups is 1. The molecule has 0 saturated heterocycles. The maximum absolute atomic E-state index is 8.87. The second-order valence-corrected chi connectivity index (χ2v) is 4.60. The van der Waals surface area contributed by atoms with Gasteiger partial charge < -0.3 is 15.4 Å². The lowest BCUT2D eigenvalue weighted by Gasteiger charge is -1.98. The number of aliphatic hydroxyl groups excluding tert-OH is 1. The van der Waals surface area contributed by atoms with Gasteiger partial charge in [0.05, 0.1) is 23.4 Å². The van der Waals surface area contributed by atoms with Crippen LogP contribution in [0.2, 0.25) is 0 Å². The maximum Gasteiger partial charge on any atom is 0.269 e. The standard InChI is InChI=1S/C9H12N4O2S/c1-4-7(16-5(2)11-4)9-12-8(13-15-9)6(10)3-14/h6,14H,3,10H2,1-2H3. The fraction of sp³-hybridized carbons (Fsp3) is 0.444. The number of hydrogen-bond acceptors (Lipinski definition) is 7. The highest BCUT2D eigenvalue weighted by molar-refractivity contribution is 7.15. The highest BCUT2D eigenvalue weighted by Gasteiger charge is 2.17. The van der Waals surface area contributed by atoms with Gasteiger partial charge in [-0.2, -0.15) is 4.98 Å². The minimum atomic E-state index is -0.605. The average Bonchev–Trinajstić information content (AvgIpc) is 2.83. The minimum Gasteiger partial charge on any atom is -0.394 e. The van der Waals surface area contributed by atoms with E-state index in [9.17, 15) is 0 Å². The van der Waals surface area contributed by atoms with Crippen molar-refractivity contribution in [2.45, 2.75) is 19.9 Å². The van der Waals surface area contributed by atoms with Crippen LogP contribution in [0.3, 0.4) is 0 Å². The van der Waals surface area contributed by atoms with Crippen molar-refractivity contribution in [3.05, 3.63) is 16.5 Å². The van der Waals surface area contributed by atoms with Crippen molar-refractivity contribution in [3.8, 4) is 10.8 Å². The van der Waals surface area contributed by atoms with Crippen molar-refractivity contribution in [3.63, 3.8) is 0 Å². The number of thiazole rings is 1. The van der Waals surface area contributed by atoms with Gasteiger partial charge in [-0.3, -0.25) is 0 Å². The lowest BCUT2D eigenvalue weighted by Crippen LogP contribution is -2.15. The Morgan fingerprint density at radius 2 is 2.19 bits per heavy atom. The molecular weight excluding hydrogens is 228 g/mol. The Bertz CT molecular complexity index is 493. The van der Waals surface area contributed by atoms with E-state index in [4.69, 9.17) is 15.4 Å². The van der Waals surface area contributed by atoms with Gasteiger partial charge in [-0.1, -0.05) is 5.16 Å². The fourth-order valence-electron chi connectivity index (χ4n) is 1.29. The van der Waals surface area contributed by atoms with Crippen LogP contribution in [0.1, 0.15) is 22.6 Å². The summed E-state index contributed by atoms with van der Waals surface area (Å²) in [5.74, 6) is 0.713. The number of rotatable bonds is 3. The molecule has 0 saturated carbocycles. The van der Waals surface area contributed by atoms with Crippen LogP contribution in [0.4, 0.5) is 0 Å². The summed E-state index contributed by atoms with van der Waals surface area (Å²) in [6.45, 7) is 3.59. The van der Waals surface area contributed by atoms with E-state index in [0.717, 1.165) is 15.6 Å². The molecule has 0 fully saturated rings. The van der Waals surface area contributed by atoms with Gasteiger partial charge in [-0.15, -0.1) is 11.3 Å². The quantitative estimate of drug-likeness (QED) is 0.823. The molecule has 1 unspecified atom stereocenters. The van der Waals surface area contributed by atoms with Crippen molar-refractivity contribution >= 4 is 11.3 Å². The molecule has 2 heterocycles. The molecular formula is C9H12N4O2S. The molecule has 0 aliphatic heterocycles. The van der Waals surface area contributed by atoms with Crippen molar-refractivity contribution in [2.24, 2.45) is 5.73 Å². The molecule has 16 heavy (non-hydrogen) atoms. The molecule has 6 nitrogen and oxygen atoms in total. The lowest BCUT2D eigenvalue weighted by molar-refractivity contribution is 0.260. The topological polar surface area (TPSA) is 98.1 Å². The summed E-state index contributed by atoms with van der Waals surface area (Å²) in [4.78, 5) is 9.25. The number of aryl methyl sites for hydroxylation is 2. The Kier molecular flexibility index (Phi) is 2.99. The minimum absolute atomic E-state index is 0.209. The predicted molar refractivity (Wildman–Crippen MR) is 58.9 cm³/mol. The number of aromatic nitrogens is 3. The van der Waals surface area contributed by atoms with Crippen LogP contribution in [-0.2, 0) is 0 Å². The Balaban J connectivity index is 2.35. The summed E-state index contributed by atoms with van der Waals surface area (Å²) in [7, 11) is 0. The van der Waals surface area contributed by atoms with Crippen LogP contribution in [0, 0.1) is 13.8 Å². The van der Waals surface area contributed by atoms with Crippen LogP contribution >= 0.6 is 11.3 Å². The van der Waals surface area contributed by atoms with Gasteiger partial charge in [0.1, 0.15) is 4.88 Å². The van der Waals surface area contributed by atoms with Gasteiger partial charge in [0.2, 0.25) is 0 Å². The second-order valence-electron chi connectivity index (χ2n) is 3.39. The first-order chi connectivity index (χ1) is 7.61. The van der Waals surface area contributed by atoms with Crippen LogP contribution < -0.4 is 5.73 Å². The Hall–Kier alpha value is -1.31. The van der Waals surface area contributed by atoms with Crippen LogP contribution in [-0.4, -0.2) is 26.8 Å². The third-order valence-corrected chi connectivity index (χ3v) is 3.13. The van der Waals surface area contributed by atoms with E-state index in [1.165, 1.54) is 11.3 Å². The van der Waals surface area contributed by atoms with E-state index in [0.29, 0.717) is 11.7 Å². The smallest absolute Gasteiger partial charge is 0.269 e. The summed E-state index contributed by atoms with van der Waals surface area (Å²) < 4.78 is 5.09. The summed E-state index contributed by atoms with van der Waals surface area (Å²) in [5, 5.41) is 13.5. The largest absolute Gasteiger partial charge is 0.394 e. The zero-order valence-electron chi connectivity index (χ0n) is 8.97. The molecule has 0 spiro atoms. The molecule has 0 bridgehead atoms. The molecule has 0 amide bonds. The molecule has 2 rings (SSSR count). The Morgan fingerprint density at radius 1 is 1.44 bits per heavy atom. The first kappa shape index (κ1) is 11.2. The highest BCUT2D eigenvalue weighted by Crippen LogP contribution is 2.28. The third kappa shape index (κ3) is 1.97. The van der Waals surface area contributed by atoms with Gasteiger partial charge in [-0.25, -0.2) is 4.98 Å². The van der Waals surface area contributed by atoms with Gasteiger partial charge in [0.25, 0.3) is 5.89 Å². The second kappa shape index (κ2) is 4.28. The average molecular weight is 240 g/mol. The summed E-state index contributed by atoms with van der Waals surface area (Å²) in [6.07, 6.45) is 0. The molecule has 1 atom stereocenters. The monoisotopic (exact) mass is 240 g/mol. The molecule has 2 aromatic heterocycles. The van der Waals surface area contributed by atoms with Crippen molar-refractivity contribution in [1.82, 2.24) is 15.1 Å². The van der Waals surface area contributed by atoms with E-state index in [-0.39, 0.29) is 6.61 Å². The third-order valence-electron chi connectivity index (χ3n) is 2.07. The lowest BCUT2D eigenvalue weighted by atomic mass is 10.3. The van der Waals surface area contributed by atoms with Crippen molar-refractivity contribution < 1.29 is 9.63 Å². The zero-order chi connectivity index (χ0) is 11.7. The number of nitrogens with zero attached hydrogens (tertiary/aromatic N) is 3. The van der Waals surface area contributed by atoms with E-state index in [1.54, 1.807) is 0 Å². The van der Waals surface area contributed by atoms with Crippen molar-refractivity contribution in [1.29, 1.82) is 0 Å². The predicted octanol–water partition coefficient (Wildman–Crippen LogP) is 0.802. The van der Waals surface area contributed by atoms with Crippen molar-refractivity contribution in [2.75, 3.05) is 6.61 Å².